The van der Waals surface area contributed by atoms with Gasteiger partial charge in [-0.2, -0.15) is 9.36 Å². The predicted molar refractivity (Wildman–Crippen MR) is 135 cm³/mol. The molecule has 0 aliphatic carbocycles. The topological polar surface area (TPSA) is 256 Å². The molecule has 1 saturated heterocycles. The van der Waals surface area contributed by atoms with Gasteiger partial charge in [-0.3, -0.25) is 14.5 Å². The molecule has 2 aromatic rings. The number of thioether (sulfide) groups is 1. The number of thiocarbonyl (C=S) groups is 1. The molecule has 0 spiro atoms. The van der Waals surface area contributed by atoms with E-state index in [-0.39, 0.29) is 65.8 Å². The van der Waals surface area contributed by atoms with Crippen LogP contribution in [0.3, 0.4) is 0 Å². The van der Waals surface area contributed by atoms with E-state index in [1.807, 2.05) is 0 Å². The molecule has 0 aromatic carbocycles. The molecule has 17 nitrogen and oxygen atoms in total. The van der Waals surface area contributed by atoms with E-state index in [2.05, 4.69) is 35.4 Å². The molecule has 196 valence electrons. The number of hydrogen-bond donors (Lipinski definition) is 5. The number of rotatable bonds is 11. The molecule has 37 heavy (non-hydrogen) atoms. The van der Waals surface area contributed by atoms with Gasteiger partial charge in [0.2, 0.25) is 11.5 Å². The summed E-state index contributed by atoms with van der Waals surface area (Å²) in [6.45, 7) is 0.579. The lowest BCUT2D eigenvalue weighted by atomic mass is 9.87. The lowest BCUT2D eigenvalue weighted by Crippen LogP contribution is -2.80. The Bertz CT molecular complexity index is 1310. The number of aliphatic carboxylic acids is 1. The van der Waals surface area contributed by atoms with Gasteiger partial charge in [-0.25, -0.2) is 9.48 Å². The van der Waals surface area contributed by atoms with E-state index in [9.17, 15) is 19.5 Å². The molecule has 2 amide bonds. The number of nitrogens with two attached hydrogens (primary N) is 3. The fraction of sp³-hybridized carbons (Fsp3) is 0.412. The van der Waals surface area contributed by atoms with Crippen molar-refractivity contribution in [2.45, 2.75) is 17.5 Å². The molecule has 4 heterocycles. The first-order valence-electron chi connectivity index (χ1n) is 10.5. The Kier molecular flexibility index (Phi) is 7.73. The number of nitrogens with zero attached hydrogens (tertiary/aromatic N) is 8. The van der Waals surface area contributed by atoms with E-state index in [0.717, 1.165) is 21.8 Å². The van der Waals surface area contributed by atoms with Gasteiger partial charge in [0.15, 0.2) is 16.5 Å². The highest BCUT2D eigenvalue weighted by molar-refractivity contribution is 8.00. The Labute approximate surface area is 221 Å². The highest BCUT2D eigenvalue weighted by atomic mass is 32.2. The van der Waals surface area contributed by atoms with Gasteiger partial charge in [-0.15, -0.1) is 16.9 Å². The van der Waals surface area contributed by atoms with Gasteiger partial charge in [0.1, 0.15) is 17.7 Å². The SMILES string of the molecule is NCCON=C(C(=O)NC1(C=S)C(=O)N2C(C(=O)O)=C(c3nnnn3CCN)CS[C@H]21)c1nsc(N)n1. The standard InChI is InChI=1S/C17H20N12O5S3/c18-1-3-28-11(23-26-27-28)7-5-36-15-17(6-35,14(33)29(15)9(7)13(31)32)22-12(30)8(24-34-4-2-19)10-21-16(20)37-25-10/h6,15H,1-5,18-19H2,(H,22,30)(H,31,32)(H2,20,21,25)/t15-,17?/m0/s1. The minimum Gasteiger partial charge on any atom is -0.477 e. The number of tetrazole rings is 1. The predicted octanol–water partition coefficient (Wildman–Crippen LogP) is -2.99. The first-order chi connectivity index (χ1) is 17.8. The molecule has 8 N–H and O–H groups in total. The van der Waals surface area contributed by atoms with Crippen molar-refractivity contribution in [1.82, 2.24) is 39.8 Å². The number of carboxylic acids is 1. The number of nitrogens with one attached hydrogen (secondary N) is 1. The summed E-state index contributed by atoms with van der Waals surface area (Å²) in [4.78, 5) is 48.9. The molecule has 20 heteroatoms. The molecule has 1 fully saturated rings. The maximum absolute atomic E-state index is 13.4. The van der Waals surface area contributed by atoms with Gasteiger partial charge < -0.3 is 32.5 Å². The van der Waals surface area contributed by atoms with Crippen LogP contribution in [0.5, 0.6) is 0 Å². The van der Waals surface area contributed by atoms with Crippen molar-refractivity contribution < 1.29 is 24.3 Å². The summed E-state index contributed by atoms with van der Waals surface area (Å²) in [5, 5.41) is 27.9. The summed E-state index contributed by atoms with van der Waals surface area (Å²) in [5.74, 6) is -2.88. The minimum atomic E-state index is -1.73. The van der Waals surface area contributed by atoms with E-state index in [1.54, 1.807) is 0 Å². The van der Waals surface area contributed by atoms with E-state index in [4.69, 9.17) is 34.3 Å². The molecule has 2 aliphatic rings. The lowest BCUT2D eigenvalue weighted by Gasteiger charge is -2.55. The van der Waals surface area contributed by atoms with Crippen molar-refractivity contribution in [3.8, 4) is 0 Å². The van der Waals surface area contributed by atoms with Crippen LogP contribution in [0.4, 0.5) is 5.13 Å². The number of carbonyl (C=O) groups excluding carboxylic acids is 2. The molecular formula is C17H20N12O5S3. The second-order valence-electron chi connectivity index (χ2n) is 7.44. The van der Waals surface area contributed by atoms with E-state index >= 15 is 0 Å². The maximum atomic E-state index is 13.4. The lowest BCUT2D eigenvalue weighted by molar-refractivity contribution is -0.153. The van der Waals surface area contributed by atoms with Crippen molar-refractivity contribution in [2.75, 3.05) is 31.2 Å². The summed E-state index contributed by atoms with van der Waals surface area (Å²) in [5.41, 5.74) is 14.4. The zero-order valence-electron chi connectivity index (χ0n) is 18.8. The van der Waals surface area contributed by atoms with Crippen molar-refractivity contribution in [1.29, 1.82) is 0 Å². The molecular weight excluding hydrogens is 548 g/mol. The number of amides is 2. The highest BCUT2D eigenvalue weighted by Crippen LogP contribution is 2.47. The van der Waals surface area contributed by atoms with Crippen molar-refractivity contribution in [3.63, 3.8) is 0 Å². The fourth-order valence-corrected chi connectivity index (χ4v) is 5.87. The normalized spacial score (nSPS) is 21.4. The van der Waals surface area contributed by atoms with Crippen LogP contribution in [0.15, 0.2) is 10.9 Å². The number of hydrogen-bond acceptors (Lipinski definition) is 16. The Morgan fingerprint density at radius 2 is 2.16 bits per heavy atom. The second-order valence-corrected chi connectivity index (χ2v) is 9.53. The molecule has 0 bridgehead atoms. The molecule has 2 aromatic heterocycles. The van der Waals surface area contributed by atoms with Crippen LogP contribution in [0, 0.1) is 0 Å². The Morgan fingerprint density at radius 3 is 2.78 bits per heavy atom. The summed E-state index contributed by atoms with van der Waals surface area (Å²) in [6.07, 6.45) is 0. The van der Waals surface area contributed by atoms with E-state index in [1.165, 1.54) is 16.4 Å². The molecule has 2 aliphatic heterocycles. The highest BCUT2D eigenvalue weighted by Gasteiger charge is 2.65. The van der Waals surface area contributed by atoms with Gasteiger partial charge in [0.25, 0.3) is 11.8 Å². The molecule has 0 radical (unpaired) electrons. The first-order valence-corrected chi connectivity index (χ1v) is 12.7. The third kappa shape index (κ3) is 4.64. The van der Waals surface area contributed by atoms with Crippen molar-refractivity contribution >= 4 is 75.1 Å². The Balaban J connectivity index is 1.66. The summed E-state index contributed by atoms with van der Waals surface area (Å²) in [6, 6.07) is 0. The van der Waals surface area contributed by atoms with Crippen LogP contribution < -0.4 is 22.5 Å². The zero-order valence-corrected chi connectivity index (χ0v) is 21.3. The van der Waals surface area contributed by atoms with Crippen molar-refractivity contribution in [3.05, 3.63) is 17.3 Å². The van der Waals surface area contributed by atoms with Crippen molar-refractivity contribution in [2.24, 2.45) is 16.6 Å². The van der Waals surface area contributed by atoms with E-state index < -0.39 is 28.7 Å². The number of oxime groups is 1. The largest absolute Gasteiger partial charge is 0.477 e. The number of anilines is 1. The number of fused-ring (bicyclic) bond motifs is 1. The maximum Gasteiger partial charge on any atom is 0.353 e. The smallest absolute Gasteiger partial charge is 0.353 e. The van der Waals surface area contributed by atoms with Crippen LogP contribution in [0.2, 0.25) is 0 Å². The third-order valence-electron chi connectivity index (χ3n) is 5.19. The van der Waals surface area contributed by atoms with Crippen LogP contribution >= 0.6 is 35.5 Å². The summed E-state index contributed by atoms with van der Waals surface area (Å²) >= 11 is 7.13. The van der Waals surface area contributed by atoms with Gasteiger partial charge in [0.05, 0.1) is 6.54 Å². The average molecular weight is 569 g/mol. The Morgan fingerprint density at radius 1 is 1.38 bits per heavy atom. The first kappa shape index (κ1) is 26.5. The molecule has 1 unspecified atom stereocenters. The van der Waals surface area contributed by atoms with Gasteiger partial charge in [0, 0.05) is 41.3 Å². The third-order valence-corrected chi connectivity index (χ3v) is 7.46. The fourth-order valence-electron chi connectivity index (χ4n) is 3.62. The van der Waals surface area contributed by atoms with Crippen LogP contribution in [0.25, 0.3) is 5.57 Å². The monoisotopic (exact) mass is 568 g/mol. The number of carbonyl (C=O) groups is 3. The number of aromatic nitrogens is 6. The van der Waals surface area contributed by atoms with Gasteiger partial charge in [-0.1, -0.05) is 17.4 Å². The second kappa shape index (κ2) is 10.8. The van der Waals surface area contributed by atoms with Gasteiger partial charge >= 0.3 is 5.97 Å². The quantitative estimate of drug-likeness (QED) is 0.0595. The number of β-lactam (4-membered cyclic amide) rings is 1. The molecule has 2 atom stereocenters. The number of carboxylic acid groups (broad SMARTS) is 1. The van der Waals surface area contributed by atoms with Crippen LogP contribution in [0.1, 0.15) is 11.6 Å². The molecule has 0 saturated carbocycles. The van der Waals surface area contributed by atoms with Gasteiger partial charge in [-0.05, 0) is 10.4 Å². The van der Waals surface area contributed by atoms with Crippen LogP contribution in [-0.4, -0.2) is 105 Å². The number of nitrogen functional groups attached to an aromatic ring is 1. The van der Waals surface area contributed by atoms with Crippen LogP contribution in [-0.2, 0) is 25.8 Å². The Hall–Kier alpha value is -3.59. The molecule has 4 rings (SSSR count). The summed E-state index contributed by atoms with van der Waals surface area (Å²) in [7, 11) is 0. The minimum absolute atomic E-state index is 0.000928. The van der Waals surface area contributed by atoms with E-state index in [0.29, 0.717) is 0 Å². The average Bonchev–Trinajstić information content (AvgIpc) is 3.52. The summed E-state index contributed by atoms with van der Waals surface area (Å²) < 4.78 is 5.32. The zero-order chi connectivity index (χ0) is 26.7.